The zero-order chi connectivity index (χ0) is 25.4. The number of nitrogens with one attached hydrogen (secondary N) is 1. The van der Waals surface area contributed by atoms with Crippen LogP contribution in [0.15, 0.2) is 74.7 Å². The van der Waals surface area contributed by atoms with Gasteiger partial charge in [0, 0.05) is 42.5 Å². The van der Waals surface area contributed by atoms with E-state index in [2.05, 4.69) is 21.9 Å². The average molecular weight is 513 g/mol. The molecule has 4 rings (SSSR count). The van der Waals surface area contributed by atoms with Gasteiger partial charge in [0.1, 0.15) is 0 Å². The number of aliphatic imine (C=N–C) groups is 2. The second kappa shape index (κ2) is 9.68. The summed E-state index contributed by atoms with van der Waals surface area (Å²) in [6.45, 7) is 5.75. The number of carbonyl (C=O) groups excluding carboxylic acids is 1. The number of hydrogen-bond donors (Lipinski definition) is 1. The number of carbonyl (C=O) groups is 1. The summed E-state index contributed by atoms with van der Waals surface area (Å²) in [5, 5.41) is 0.683. The molecule has 3 unspecified atom stereocenters. The molecule has 0 saturated heterocycles. The van der Waals surface area contributed by atoms with Crippen molar-refractivity contribution >= 4 is 45.7 Å². The highest BCUT2D eigenvalue weighted by Crippen LogP contribution is 2.41. The lowest BCUT2D eigenvalue weighted by Gasteiger charge is -2.30. The van der Waals surface area contributed by atoms with Crippen molar-refractivity contribution in [2.24, 2.45) is 21.8 Å². The summed E-state index contributed by atoms with van der Waals surface area (Å²) in [7, 11) is -2.21. The lowest BCUT2D eigenvalue weighted by atomic mass is 9.78. The number of rotatable bonds is 7. The molecule has 2 heterocycles. The molecule has 9 heteroatoms. The number of Topliss-reactive ketones (excluding diaryl/α,β-unsaturated/α-hetero) is 1. The Kier molecular flexibility index (Phi) is 6.99. The summed E-state index contributed by atoms with van der Waals surface area (Å²) < 4.78 is 28.9. The molecule has 0 spiro atoms. The van der Waals surface area contributed by atoms with Crippen molar-refractivity contribution in [3.63, 3.8) is 0 Å². The Hall–Kier alpha value is -2.81. The van der Waals surface area contributed by atoms with Crippen molar-refractivity contribution in [3.05, 3.63) is 75.9 Å². The van der Waals surface area contributed by atoms with Crippen molar-refractivity contribution in [3.8, 4) is 0 Å². The van der Waals surface area contributed by atoms with Gasteiger partial charge in [-0.2, -0.15) is 12.7 Å². The minimum absolute atomic E-state index is 0.118. The van der Waals surface area contributed by atoms with Crippen molar-refractivity contribution in [2.45, 2.75) is 32.9 Å². The SMILES string of the molecule is CCN(C)S(=O)(=O)Nc1cccc(C(=O)C2C=NC3(C)N=CC(C4=CCC=C(Cl)C=C4)=CC23)c1C. The van der Waals surface area contributed by atoms with E-state index in [9.17, 15) is 13.2 Å². The van der Waals surface area contributed by atoms with Crippen LogP contribution in [-0.4, -0.2) is 50.2 Å². The third-order valence-corrected chi connectivity index (χ3v) is 8.58. The van der Waals surface area contributed by atoms with Crippen LogP contribution in [0.3, 0.4) is 0 Å². The molecule has 184 valence electrons. The zero-order valence-corrected chi connectivity index (χ0v) is 21.8. The molecule has 0 saturated carbocycles. The van der Waals surface area contributed by atoms with E-state index < -0.39 is 21.8 Å². The Labute approximate surface area is 211 Å². The Balaban J connectivity index is 1.64. The number of fused-ring (bicyclic) bond motifs is 1. The van der Waals surface area contributed by atoms with Gasteiger partial charge in [0.2, 0.25) is 0 Å². The van der Waals surface area contributed by atoms with Crippen LogP contribution < -0.4 is 4.72 Å². The standard InChI is InChI=1S/C26H29ClN4O3S/c1-5-31(4)35(33,34)30-24-11-7-10-21(17(24)2)25(32)22-16-29-26(3)23(22)14-19(15-28-26)18-8-6-9-20(27)13-12-18/h7-16,22-23,30H,5-6H2,1-4H3. The van der Waals surface area contributed by atoms with Crippen LogP contribution >= 0.6 is 11.6 Å². The van der Waals surface area contributed by atoms with Gasteiger partial charge in [-0.15, -0.1) is 0 Å². The molecule has 1 aromatic carbocycles. The van der Waals surface area contributed by atoms with E-state index >= 15 is 0 Å². The van der Waals surface area contributed by atoms with Gasteiger partial charge >= 0.3 is 10.2 Å². The van der Waals surface area contributed by atoms with Gasteiger partial charge in [-0.3, -0.25) is 19.5 Å². The Morgan fingerprint density at radius 2 is 2.00 bits per heavy atom. The number of anilines is 1. The molecule has 0 fully saturated rings. The van der Waals surface area contributed by atoms with Crippen molar-refractivity contribution in [1.29, 1.82) is 0 Å². The van der Waals surface area contributed by atoms with Crippen LogP contribution in [0.1, 0.15) is 36.2 Å². The molecule has 0 aromatic heterocycles. The molecule has 0 radical (unpaired) electrons. The Bertz CT molecular complexity index is 1340. The molecular weight excluding hydrogens is 484 g/mol. The van der Waals surface area contributed by atoms with Gasteiger partial charge in [-0.05, 0) is 49.1 Å². The van der Waals surface area contributed by atoms with E-state index in [1.54, 1.807) is 44.5 Å². The van der Waals surface area contributed by atoms with Crippen LogP contribution in [-0.2, 0) is 10.2 Å². The molecule has 1 aliphatic carbocycles. The molecule has 1 N–H and O–H groups in total. The van der Waals surface area contributed by atoms with Crippen LogP contribution in [0.25, 0.3) is 0 Å². The Morgan fingerprint density at radius 3 is 2.74 bits per heavy atom. The summed E-state index contributed by atoms with van der Waals surface area (Å²) in [4.78, 5) is 23.0. The molecule has 2 aliphatic heterocycles. The first-order chi connectivity index (χ1) is 16.6. The van der Waals surface area contributed by atoms with Gasteiger partial charge < -0.3 is 0 Å². The van der Waals surface area contributed by atoms with E-state index in [1.807, 2.05) is 25.2 Å². The minimum Gasteiger partial charge on any atom is -0.293 e. The van der Waals surface area contributed by atoms with Gasteiger partial charge in [-0.1, -0.05) is 55.0 Å². The number of benzene rings is 1. The fourth-order valence-corrected chi connectivity index (χ4v) is 5.51. The molecule has 35 heavy (non-hydrogen) atoms. The van der Waals surface area contributed by atoms with Gasteiger partial charge in [0.05, 0.1) is 11.6 Å². The second-order valence-electron chi connectivity index (χ2n) is 8.99. The topological polar surface area (TPSA) is 91.2 Å². The first-order valence-corrected chi connectivity index (χ1v) is 13.3. The zero-order valence-electron chi connectivity index (χ0n) is 20.2. The second-order valence-corrected chi connectivity index (χ2v) is 11.2. The number of nitrogens with zero attached hydrogens (tertiary/aromatic N) is 3. The smallest absolute Gasteiger partial charge is 0.293 e. The number of hydrogen-bond acceptors (Lipinski definition) is 5. The Morgan fingerprint density at radius 1 is 1.23 bits per heavy atom. The van der Waals surface area contributed by atoms with E-state index in [0.717, 1.165) is 11.1 Å². The van der Waals surface area contributed by atoms with Crippen LogP contribution in [0.5, 0.6) is 0 Å². The van der Waals surface area contributed by atoms with Crippen molar-refractivity contribution in [1.82, 2.24) is 4.31 Å². The molecular formula is C26H29ClN4O3S. The van der Waals surface area contributed by atoms with E-state index in [-0.39, 0.29) is 11.7 Å². The lowest BCUT2D eigenvalue weighted by molar-refractivity contribution is 0.0925. The summed E-state index contributed by atoms with van der Waals surface area (Å²) in [5.41, 5.74) is 2.57. The predicted molar refractivity (Wildman–Crippen MR) is 143 cm³/mol. The summed E-state index contributed by atoms with van der Waals surface area (Å²) in [6, 6.07) is 5.07. The fraction of sp³-hybridized carbons (Fsp3) is 0.346. The highest BCUT2D eigenvalue weighted by Gasteiger charge is 2.46. The highest BCUT2D eigenvalue weighted by atomic mass is 35.5. The largest absolute Gasteiger partial charge is 0.301 e. The third kappa shape index (κ3) is 4.96. The molecule has 0 amide bonds. The molecule has 7 nitrogen and oxygen atoms in total. The third-order valence-electron chi connectivity index (χ3n) is 6.74. The fourth-order valence-electron chi connectivity index (χ4n) is 4.37. The maximum atomic E-state index is 13.7. The molecule has 3 atom stereocenters. The van der Waals surface area contributed by atoms with Crippen molar-refractivity contribution in [2.75, 3.05) is 18.3 Å². The normalized spacial score (nSPS) is 25.6. The first kappa shape index (κ1) is 25.3. The van der Waals surface area contributed by atoms with Crippen LogP contribution in [0.4, 0.5) is 5.69 Å². The first-order valence-electron chi connectivity index (χ1n) is 11.5. The van der Waals surface area contributed by atoms with E-state index in [4.69, 9.17) is 16.6 Å². The molecule has 3 aliphatic rings. The van der Waals surface area contributed by atoms with Gasteiger partial charge in [0.15, 0.2) is 11.4 Å². The lowest BCUT2D eigenvalue weighted by Crippen LogP contribution is -2.36. The van der Waals surface area contributed by atoms with E-state index in [1.165, 1.54) is 11.4 Å². The van der Waals surface area contributed by atoms with Crippen LogP contribution in [0, 0.1) is 18.8 Å². The summed E-state index contributed by atoms with van der Waals surface area (Å²) >= 11 is 6.14. The average Bonchev–Trinajstić information content (AvgIpc) is 3.02. The van der Waals surface area contributed by atoms with Gasteiger partial charge in [0.25, 0.3) is 0 Å². The summed E-state index contributed by atoms with van der Waals surface area (Å²) in [6.07, 6.45) is 14.1. The monoisotopic (exact) mass is 512 g/mol. The minimum atomic E-state index is -3.71. The van der Waals surface area contributed by atoms with Crippen molar-refractivity contribution < 1.29 is 13.2 Å². The number of dihydropyridines is 1. The maximum Gasteiger partial charge on any atom is 0.301 e. The van der Waals surface area contributed by atoms with Crippen LogP contribution in [0.2, 0.25) is 0 Å². The quantitative estimate of drug-likeness (QED) is 0.530. The number of ketones is 1. The van der Waals surface area contributed by atoms with Gasteiger partial charge in [-0.25, -0.2) is 0 Å². The number of allylic oxidation sites excluding steroid dienone is 7. The molecule has 0 bridgehead atoms. The predicted octanol–water partition coefficient (Wildman–Crippen LogP) is 4.84. The highest BCUT2D eigenvalue weighted by molar-refractivity contribution is 7.90. The number of halogens is 1. The van der Waals surface area contributed by atoms with E-state index in [0.29, 0.717) is 34.8 Å². The maximum absolute atomic E-state index is 13.7. The molecule has 1 aromatic rings. The summed E-state index contributed by atoms with van der Waals surface area (Å²) in [5.74, 6) is -0.900.